The minimum atomic E-state index is -3.92. The lowest BCUT2D eigenvalue weighted by molar-refractivity contribution is 0.0861. The van der Waals surface area contributed by atoms with Gasteiger partial charge >= 0.3 is 10.4 Å². The summed E-state index contributed by atoms with van der Waals surface area (Å²) in [6.45, 7) is -0.183. The van der Waals surface area contributed by atoms with Crippen molar-refractivity contribution < 1.29 is 29.4 Å². The molecule has 82 valence electrons. The predicted octanol–water partition coefficient (Wildman–Crippen LogP) is -1.39. The SMILES string of the molecule is C=S1(=O)OCC(C2COS(=O)(=O)O2)O1. The molecule has 0 aromatic carbocycles. The lowest BCUT2D eigenvalue weighted by Gasteiger charge is -2.09. The van der Waals surface area contributed by atoms with Crippen molar-refractivity contribution in [2.45, 2.75) is 12.2 Å². The van der Waals surface area contributed by atoms with Crippen LogP contribution in [0.25, 0.3) is 0 Å². The number of hydrogen-bond acceptors (Lipinski definition) is 7. The van der Waals surface area contributed by atoms with E-state index in [9.17, 15) is 12.6 Å². The van der Waals surface area contributed by atoms with Gasteiger partial charge in [0.1, 0.15) is 12.2 Å². The highest BCUT2D eigenvalue weighted by atomic mass is 32.3. The second-order valence-electron chi connectivity index (χ2n) is 2.80. The lowest BCUT2D eigenvalue weighted by atomic mass is 10.2. The van der Waals surface area contributed by atoms with Crippen LogP contribution in [0.3, 0.4) is 0 Å². The molecular formula is C5H8O7S2. The highest BCUT2D eigenvalue weighted by Crippen LogP contribution is 2.23. The zero-order valence-corrected chi connectivity index (χ0v) is 8.58. The second kappa shape index (κ2) is 3.15. The number of hydrogen-bond donors (Lipinski definition) is 0. The normalized spacial score (nSPS) is 46.9. The third kappa shape index (κ3) is 2.07. The Morgan fingerprint density at radius 1 is 1.00 bits per heavy atom. The summed E-state index contributed by atoms with van der Waals surface area (Å²) in [7, 11) is -6.92. The second-order valence-corrected chi connectivity index (χ2v) is 5.59. The van der Waals surface area contributed by atoms with E-state index in [4.69, 9.17) is 8.37 Å². The highest BCUT2D eigenvalue weighted by molar-refractivity contribution is 7.91. The third-order valence-corrected chi connectivity index (χ3v) is 3.66. The van der Waals surface area contributed by atoms with Crippen molar-refractivity contribution in [1.82, 2.24) is 0 Å². The molecule has 0 saturated carbocycles. The summed E-state index contributed by atoms with van der Waals surface area (Å²) in [6.07, 6.45) is -1.54. The van der Waals surface area contributed by atoms with Crippen LogP contribution in [0.1, 0.15) is 0 Å². The van der Waals surface area contributed by atoms with Crippen molar-refractivity contribution in [1.29, 1.82) is 0 Å². The Balaban J connectivity index is 2.06. The Kier molecular flexibility index (Phi) is 2.33. The Bertz CT molecular complexity index is 379. The lowest BCUT2D eigenvalue weighted by Crippen LogP contribution is -2.30. The van der Waals surface area contributed by atoms with Gasteiger partial charge in [-0.2, -0.15) is 8.42 Å². The van der Waals surface area contributed by atoms with E-state index < -0.39 is 32.7 Å². The Morgan fingerprint density at radius 2 is 1.57 bits per heavy atom. The Hall–Kier alpha value is -0.190. The molecule has 14 heavy (non-hydrogen) atoms. The van der Waals surface area contributed by atoms with E-state index in [-0.39, 0.29) is 13.2 Å². The molecule has 0 spiro atoms. The van der Waals surface area contributed by atoms with Crippen molar-refractivity contribution in [3.05, 3.63) is 0 Å². The molecule has 2 heterocycles. The molecule has 7 nitrogen and oxygen atoms in total. The molecule has 0 N–H and O–H groups in total. The van der Waals surface area contributed by atoms with Crippen LogP contribution in [-0.4, -0.2) is 43.9 Å². The number of rotatable bonds is 1. The monoisotopic (exact) mass is 244 g/mol. The maximum atomic E-state index is 11.1. The summed E-state index contributed by atoms with van der Waals surface area (Å²) in [6, 6.07) is 0. The van der Waals surface area contributed by atoms with Crippen molar-refractivity contribution in [2.75, 3.05) is 13.2 Å². The Labute approximate surface area is 81.6 Å². The fourth-order valence-electron chi connectivity index (χ4n) is 1.11. The quantitative estimate of drug-likeness (QED) is 0.524. The molecule has 0 aliphatic carbocycles. The third-order valence-electron chi connectivity index (χ3n) is 1.71. The van der Waals surface area contributed by atoms with E-state index in [2.05, 4.69) is 14.2 Å². The molecular weight excluding hydrogens is 236 g/mol. The van der Waals surface area contributed by atoms with Crippen LogP contribution in [0.4, 0.5) is 0 Å². The van der Waals surface area contributed by atoms with E-state index in [0.29, 0.717) is 0 Å². The maximum absolute atomic E-state index is 11.1. The van der Waals surface area contributed by atoms with Crippen LogP contribution >= 0.6 is 0 Å². The van der Waals surface area contributed by atoms with Gasteiger partial charge in [-0.25, -0.2) is 12.6 Å². The van der Waals surface area contributed by atoms with Crippen LogP contribution in [-0.2, 0) is 37.2 Å². The molecule has 2 rings (SSSR count). The predicted molar refractivity (Wildman–Crippen MR) is 45.8 cm³/mol. The van der Waals surface area contributed by atoms with Crippen molar-refractivity contribution >= 4 is 26.4 Å². The summed E-state index contributed by atoms with van der Waals surface area (Å²) < 4.78 is 51.0. The van der Waals surface area contributed by atoms with Gasteiger partial charge in [-0.05, 0) is 0 Å². The average Bonchev–Trinajstić information content (AvgIpc) is 2.54. The molecule has 9 heteroatoms. The summed E-state index contributed by atoms with van der Waals surface area (Å²) in [5.41, 5.74) is 0. The zero-order valence-electron chi connectivity index (χ0n) is 6.95. The van der Waals surface area contributed by atoms with E-state index in [0.717, 1.165) is 0 Å². The molecule has 2 fully saturated rings. The van der Waals surface area contributed by atoms with Crippen molar-refractivity contribution in [3.8, 4) is 0 Å². The molecule has 0 aromatic heterocycles. The smallest absolute Gasteiger partial charge is 0.275 e. The topological polar surface area (TPSA) is 88.1 Å². The van der Waals surface area contributed by atoms with Crippen LogP contribution in [0.15, 0.2) is 0 Å². The molecule has 0 bridgehead atoms. The van der Waals surface area contributed by atoms with Crippen LogP contribution < -0.4 is 0 Å². The van der Waals surface area contributed by atoms with Gasteiger partial charge in [0.25, 0.3) is 0 Å². The molecule has 3 atom stereocenters. The Morgan fingerprint density at radius 3 is 2.00 bits per heavy atom. The standard InChI is InChI=1S/C5H8O7S2/c1-13(6)9-2-4(11-13)5-3-10-14(7,8)12-5/h4-5H,1-3H2. The maximum Gasteiger partial charge on any atom is 0.400 e. The minimum absolute atomic E-state index is 0.0219. The fraction of sp³-hybridized carbons (Fsp3) is 0.800. The molecule has 0 radical (unpaired) electrons. The van der Waals surface area contributed by atoms with Gasteiger partial charge < -0.3 is 0 Å². The average molecular weight is 244 g/mol. The fourth-order valence-corrected chi connectivity index (χ4v) is 2.90. The summed E-state index contributed by atoms with van der Waals surface area (Å²) in [5, 5.41) is 0. The highest BCUT2D eigenvalue weighted by Gasteiger charge is 2.41. The largest absolute Gasteiger partial charge is 0.400 e. The van der Waals surface area contributed by atoms with E-state index in [1.807, 2.05) is 0 Å². The van der Waals surface area contributed by atoms with Crippen LogP contribution in [0.2, 0.25) is 0 Å². The first-order valence-corrected chi connectivity index (χ1v) is 6.56. The van der Waals surface area contributed by atoms with E-state index >= 15 is 0 Å². The minimum Gasteiger partial charge on any atom is -0.275 e. The van der Waals surface area contributed by atoms with Gasteiger partial charge in [0.05, 0.1) is 13.2 Å². The molecule has 3 unspecified atom stereocenters. The van der Waals surface area contributed by atoms with Crippen LogP contribution in [0.5, 0.6) is 0 Å². The van der Waals surface area contributed by atoms with Gasteiger partial charge in [0, 0.05) is 5.87 Å². The van der Waals surface area contributed by atoms with Gasteiger partial charge in [0.2, 0.25) is 0 Å². The van der Waals surface area contributed by atoms with Gasteiger partial charge in [0.15, 0.2) is 10.1 Å². The summed E-state index contributed by atoms with van der Waals surface area (Å²) >= 11 is 0. The first kappa shape index (κ1) is 10.3. The van der Waals surface area contributed by atoms with Crippen LogP contribution in [0, 0.1) is 0 Å². The van der Waals surface area contributed by atoms with Gasteiger partial charge in [-0.1, -0.05) is 0 Å². The zero-order chi connectivity index (χ0) is 10.4. The molecule has 0 amide bonds. The molecule has 2 aliphatic heterocycles. The van der Waals surface area contributed by atoms with E-state index in [1.54, 1.807) is 0 Å². The summed E-state index contributed by atoms with van der Waals surface area (Å²) in [5.74, 6) is 3.16. The summed E-state index contributed by atoms with van der Waals surface area (Å²) in [4.78, 5) is 0. The molecule has 0 aromatic rings. The van der Waals surface area contributed by atoms with Crippen molar-refractivity contribution in [3.63, 3.8) is 0 Å². The molecule has 2 saturated heterocycles. The molecule has 2 aliphatic rings. The first-order valence-electron chi connectivity index (χ1n) is 3.65. The van der Waals surface area contributed by atoms with E-state index in [1.165, 1.54) is 0 Å². The van der Waals surface area contributed by atoms with Crippen molar-refractivity contribution in [2.24, 2.45) is 0 Å². The first-order chi connectivity index (χ1) is 6.38. The van der Waals surface area contributed by atoms with Gasteiger partial charge in [-0.15, -0.1) is 0 Å². The van der Waals surface area contributed by atoms with Gasteiger partial charge in [-0.3, -0.25) is 8.37 Å².